The van der Waals surface area contributed by atoms with Crippen LogP contribution < -0.4 is 0 Å². The summed E-state index contributed by atoms with van der Waals surface area (Å²) in [6, 6.07) is 21.1. The fraction of sp³-hybridized carbons (Fsp3) is 0.452. The van der Waals surface area contributed by atoms with Crippen molar-refractivity contribution in [1.29, 1.82) is 0 Å². The van der Waals surface area contributed by atoms with Crippen LogP contribution in [0.2, 0.25) is 0 Å². The van der Waals surface area contributed by atoms with Gasteiger partial charge in [0.15, 0.2) is 5.78 Å². The van der Waals surface area contributed by atoms with Gasteiger partial charge in [-0.25, -0.2) is 0 Å². The van der Waals surface area contributed by atoms with E-state index in [1.807, 2.05) is 33.9 Å². The van der Waals surface area contributed by atoms with Gasteiger partial charge in [-0.15, -0.1) is 29.1 Å². The van der Waals surface area contributed by atoms with Crippen LogP contribution in [0.4, 0.5) is 0 Å². The number of hydrogen-bond donors (Lipinski definition) is 1. The molecule has 1 aliphatic carbocycles. The number of ketones is 1. The molecule has 0 saturated heterocycles. The minimum absolute atomic E-state index is 0. The summed E-state index contributed by atoms with van der Waals surface area (Å²) in [6.45, 7) is 19.3. The second-order valence-corrected chi connectivity index (χ2v) is 14.0. The van der Waals surface area contributed by atoms with Gasteiger partial charge in [0.1, 0.15) is 0 Å². The molecule has 0 fully saturated rings. The number of carbonyl (C=O) groups excluding carboxylic acids is 1. The predicted molar refractivity (Wildman–Crippen MR) is 193 cm³/mol. The molecule has 2 aromatic carbocycles. The fourth-order valence-corrected chi connectivity index (χ4v) is 6.51. The fourth-order valence-electron chi connectivity index (χ4n) is 6.51. The first kappa shape index (κ1) is 38.3. The molecular weight excluding hydrogens is 757 g/mol. The molecule has 1 N–H and O–H groups in total. The van der Waals surface area contributed by atoms with Crippen LogP contribution in [0.5, 0.6) is 0 Å². The third-order valence-electron chi connectivity index (χ3n) is 9.47. The molecule has 1 aliphatic rings. The molecule has 1 radical (unpaired) electrons. The number of nitrogens with zero attached hydrogens (tertiary/aromatic N) is 2. The quantitative estimate of drug-likeness (QED) is 0.104. The average molecular weight is 810 g/mol. The predicted octanol–water partition coefficient (Wildman–Crippen LogP) is 11.2. The Hall–Kier alpha value is -3.14. The van der Waals surface area contributed by atoms with E-state index >= 15 is 0 Å². The maximum Gasteiger partial charge on any atom is 0.162 e. The minimum Gasteiger partial charge on any atom is -0.512 e. The monoisotopic (exact) mass is 810 g/mol. The van der Waals surface area contributed by atoms with Crippen LogP contribution >= 0.6 is 0 Å². The second kappa shape index (κ2) is 16.8. The largest absolute Gasteiger partial charge is 0.512 e. The van der Waals surface area contributed by atoms with Crippen molar-refractivity contribution in [2.45, 2.75) is 112 Å². The zero-order chi connectivity index (χ0) is 33.6. The zero-order valence-electron chi connectivity index (χ0n) is 29.8. The van der Waals surface area contributed by atoms with E-state index in [0.717, 1.165) is 55.2 Å². The second-order valence-electron chi connectivity index (χ2n) is 14.0. The topological polar surface area (TPSA) is 63.1 Å². The first-order valence-corrected chi connectivity index (χ1v) is 17.3. The number of aromatic nitrogens is 2. The van der Waals surface area contributed by atoms with Gasteiger partial charge in [0.05, 0.1) is 5.76 Å². The Morgan fingerprint density at radius 2 is 1.57 bits per heavy atom. The van der Waals surface area contributed by atoms with Gasteiger partial charge in [-0.05, 0) is 73.1 Å². The summed E-state index contributed by atoms with van der Waals surface area (Å²) in [6.07, 6.45) is 8.77. The van der Waals surface area contributed by atoms with E-state index < -0.39 is 0 Å². The Balaban J connectivity index is 0.000000322. The SMILES string of the molecule is CC(C)c1ccc2c(n1)CCc1c-2ccnc1-c1[c-]c2ccccc2c(C(C)(C)C)c1.CCC(CC)C(=O)/C=C(\O)C(CC)CC.[Ir]. The third kappa shape index (κ3) is 8.86. The number of carbonyl (C=O) groups is 1. The van der Waals surface area contributed by atoms with Crippen LogP contribution in [0, 0.1) is 17.9 Å². The van der Waals surface area contributed by atoms with Crippen molar-refractivity contribution in [3.8, 4) is 22.4 Å². The summed E-state index contributed by atoms with van der Waals surface area (Å²) in [5.41, 5.74) is 9.78. The summed E-state index contributed by atoms with van der Waals surface area (Å²) < 4.78 is 0. The van der Waals surface area contributed by atoms with E-state index in [9.17, 15) is 9.90 Å². The van der Waals surface area contributed by atoms with Gasteiger partial charge in [0.25, 0.3) is 0 Å². The van der Waals surface area contributed by atoms with Crippen molar-refractivity contribution in [2.75, 3.05) is 0 Å². The van der Waals surface area contributed by atoms with Crippen LogP contribution in [0.15, 0.2) is 66.6 Å². The number of aliphatic hydroxyl groups excluding tert-OH is 1. The Bertz CT molecular complexity index is 1690. The van der Waals surface area contributed by atoms with E-state index in [2.05, 4.69) is 89.2 Å². The van der Waals surface area contributed by atoms with Crippen LogP contribution in [-0.2, 0) is 43.2 Å². The van der Waals surface area contributed by atoms with Gasteiger partial charge in [0, 0.05) is 66.9 Å². The summed E-state index contributed by atoms with van der Waals surface area (Å²) in [4.78, 5) is 21.5. The van der Waals surface area contributed by atoms with Crippen LogP contribution in [0.3, 0.4) is 0 Å². The number of rotatable bonds is 9. The summed E-state index contributed by atoms with van der Waals surface area (Å²) in [5.74, 6) is 0.994. The van der Waals surface area contributed by atoms with Crippen LogP contribution in [-0.4, -0.2) is 20.9 Å². The molecule has 4 aromatic rings. The Labute approximate surface area is 296 Å². The molecule has 0 saturated carbocycles. The smallest absolute Gasteiger partial charge is 0.162 e. The number of allylic oxidation sites excluding steroid dienone is 2. The van der Waals surface area contributed by atoms with Gasteiger partial charge in [-0.2, -0.15) is 0 Å². The first-order valence-electron chi connectivity index (χ1n) is 17.3. The molecule has 0 atom stereocenters. The molecule has 0 bridgehead atoms. The molecule has 0 aliphatic heterocycles. The zero-order valence-corrected chi connectivity index (χ0v) is 32.2. The summed E-state index contributed by atoms with van der Waals surface area (Å²) in [5, 5.41) is 12.2. The molecule has 0 unspecified atom stereocenters. The van der Waals surface area contributed by atoms with E-state index in [1.54, 1.807) is 0 Å². The molecule has 4 nitrogen and oxygen atoms in total. The Morgan fingerprint density at radius 3 is 2.19 bits per heavy atom. The molecule has 5 rings (SSSR count). The van der Waals surface area contributed by atoms with Crippen molar-refractivity contribution >= 4 is 16.6 Å². The molecule has 47 heavy (non-hydrogen) atoms. The Morgan fingerprint density at radius 1 is 0.915 bits per heavy atom. The third-order valence-corrected chi connectivity index (χ3v) is 9.47. The number of hydrogen-bond acceptors (Lipinski definition) is 4. The van der Waals surface area contributed by atoms with Crippen molar-refractivity contribution in [2.24, 2.45) is 11.8 Å². The normalized spacial score (nSPS) is 12.8. The van der Waals surface area contributed by atoms with Crippen LogP contribution in [0.1, 0.15) is 116 Å². The van der Waals surface area contributed by atoms with Gasteiger partial charge in [-0.3, -0.25) is 14.8 Å². The minimum atomic E-state index is 0. The molecule has 253 valence electrons. The standard InChI is InChI=1S/C29H29N2.C13H24O2.Ir/c1-18(2)26-12-10-23-22-14-15-30-28(24(22)11-13-27(23)31-26)20-16-19-8-6-7-9-21(19)25(17-20)29(3,4)5;1-5-10(6-2)12(14)9-13(15)11(7-3)8-4;/h6-10,12,14-15,17-18H,11,13H2,1-5H3;9-11,14H,5-8H2,1-4H3;/q-1;;/b;12-9-;. The van der Waals surface area contributed by atoms with Crippen molar-refractivity contribution in [1.82, 2.24) is 9.97 Å². The van der Waals surface area contributed by atoms with E-state index in [4.69, 9.17) is 9.97 Å². The van der Waals surface area contributed by atoms with Gasteiger partial charge < -0.3 is 5.11 Å². The van der Waals surface area contributed by atoms with E-state index in [-0.39, 0.29) is 48.9 Å². The van der Waals surface area contributed by atoms with E-state index in [0.29, 0.717) is 5.92 Å². The molecule has 0 spiro atoms. The summed E-state index contributed by atoms with van der Waals surface area (Å²) >= 11 is 0. The molecule has 5 heteroatoms. The first-order chi connectivity index (χ1) is 21.9. The average Bonchev–Trinajstić information content (AvgIpc) is 3.04. The number of benzene rings is 2. The maximum atomic E-state index is 11.7. The van der Waals surface area contributed by atoms with Crippen molar-refractivity contribution in [3.05, 3.63) is 95.1 Å². The van der Waals surface area contributed by atoms with Crippen molar-refractivity contribution < 1.29 is 30.0 Å². The number of aliphatic hydroxyl groups is 1. The molecule has 2 heterocycles. The molecule has 2 aromatic heterocycles. The number of fused-ring (bicyclic) bond motifs is 4. The maximum absolute atomic E-state index is 11.7. The van der Waals surface area contributed by atoms with E-state index in [1.165, 1.54) is 45.1 Å². The molecular formula is C42H53IrN2O2-. The van der Waals surface area contributed by atoms with Crippen LogP contribution in [0.25, 0.3) is 33.2 Å². The summed E-state index contributed by atoms with van der Waals surface area (Å²) in [7, 11) is 0. The molecule has 0 amide bonds. The number of aryl methyl sites for hydroxylation is 1. The number of pyridine rings is 2. The van der Waals surface area contributed by atoms with Gasteiger partial charge in [-0.1, -0.05) is 97.5 Å². The van der Waals surface area contributed by atoms with Crippen molar-refractivity contribution in [3.63, 3.8) is 0 Å². The Kier molecular flexibility index (Phi) is 13.7. The van der Waals surface area contributed by atoms with Gasteiger partial charge >= 0.3 is 0 Å². The van der Waals surface area contributed by atoms with Gasteiger partial charge in [0.2, 0.25) is 0 Å².